The van der Waals surface area contributed by atoms with Crippen molar-refractivity contribution in [2.75, 3.05) is 0 Å². The molecule has 1 radical (unpaired) electrons. The molecule has 4 heteroatoms. The Hall–Kier alpha value is -3.98. The summed E-state index contributed by atoms with van der Waals surface area (Å²) >= 11 is 0. The van der Waals surface area contributed by atoms with E-state index in [-0.39, 0.29) is 20.1 Å². The van der Waals surface area contributed by atoms with E-state index in [1.165, 1.54) is 33.2 Å². The predicted octanol–water partition coefficient (Wildman–Crippen LogP) is 7.80. The Bertz CT molecular complexity index is 1610. The van der Waals surface area contributed by atoms with Gasteiger partial charge in [-0.1, -0.05) is 61.5 Å². The van der Waals surface area contributed by atoms with Gasteiger partial charge in [0.15, 0.2) is 0 Å². The molecule has 0 N–H and O–H groups in total. The maximum Gasteiger partial charge on any atom is 0.0886 e. The van der Waals surface area contributed by atoms with Crippen molar-refractivity contribution in [1.29, 1.82) is 0 Å². The van der Waals surface area contributed by atoms with Gasteiger partial charge in [0, 0.05) is 37.9 Å². The molecule has 175 valence electrons. The minimum Gasteiger partial charge on any atom is -0.296 e. The second-order valence-corrected chi connectivity index (χ2v) is 8.51. The summed E-state index contributed by atoms with van der Waals surface area (Å²) in [5.41, 5.74) is 11.3. The molecule has 3 aromatic carbocycles. The van der Waals surface area contributed by atoms with E-state index < -0.39 is 0 Å². The maximum atomic E-state index is 4.90. The SMILES string of the molecule is Cc1cc[c-]c(-c2cc3c4c(cccc4n2)-c2ccccc2-3)c1.[Ir].c1ccc(-c2ccccn2)nc1. The topological polar surface area (TPSA) is 38.7 Å². The van der Waals surface area contributed by atoms with E-state index in [1.54, 1.807) is 12.4 Å². The molecule has 0 unspecified atom stereocenters. The predicted molar refractivity (Wildman–Crippen MR) is 143 cm³/mol. The van der Waals surface area contributed by atoms with Gasteiger partial charge >= 0.3 is 0 Å². The molecule has 3 heterocycles. The Morgan fingerprint density at radius 2 is 1.22 bits per heavy atom. The fourth-order valence-electron chi connectivity index (χ4n) is 4.57. The van der Waals surface area contributed by atoms with Crippen LogP contribution in [0.25, 0.3) is 55.8 Å². The van der Waals surface area contributed by atoms with E-state index in [0.717, 1.165) is 28.2 Å². The number of aryl methyl sites for hydroxylation is 1. The molecule has 0 atom stereocenters. The molecule has 1 aliphatic carbocycles. The van der Waals surface area contributed by atoms with E-state index in [4.69, 9.17) is 4.98 Å². The molecule has 1 aliphatic rings. The first-order valence-electron chi connectivity index (χ1n) is 11.6. The summed E-state index contributed by atoms with van der Waals surface area (Å²) in [5, 5.41) is 1.27. The third kappa shape index (κ3) is 4.49. The smallest absolute Gasteiger partial charge is 0.0886 e. The largest absolute Gasteiger partial charge is 0.296 e. The number of nitrogens with zero attached hydrogens (tertiary/aromatic N) is 3. The van der Waals surface area contributed by atoms with Crippen LogP contribution in [0.2, 0.25) is 0 Å². The Morgan fingerprint density at radius 3 is 1.86 bits per heavy atom. The van der Waals surface area contributed by atoms with Gasteiger partial charge in [0.1, 0.15) is 0 Å². The van der Waals surface area contributed by atoms with Crippen molar-refractivity contribution in [3.05, 3.63) is 127 Å². The second-order valence-electron chi connectivity index (χ2n) is 8.51. The molecule has 0 aliphatic heterocycles. The molecule has 0 saturated carbocycles. The molecule has 0 fully saturated rings. The molecule has 7 rings (SSSR count). The third-order valence-electron chi connectivity index (χ3n) is 6.17. The minimum atomic E-state index is 0. The number of hydrogen-bond donors (Lipinski definition) is 0. The molecular formula is C32H22IrN3-. The van der Waals surface area contributed by atoms with Crippen molar-refractivity contribution in [1.82, 2.24) is 15.0 Å². The Kier molecular flexibility index (Phi) is 6.81. The first kappa shape index (κ1) is 23.7. The maximum absolute atomic E-state index is 4.90. The summed E-state index contributed by atoms with van der Waals surface area (Å²) < 4.78 is 0. The van der Waals surface area contributed by atoms with Gasteiger partial charge in [-0.25, -0.2) is 0 Å². The number of fused-ring (bicyclic) bond motifs is 3. The Morgan fingerprint density at radius 1 is 0.583 bits per heavy atom. The molecule has 0 amide bonds. The van der Waals surface area contributed by atoms with Crippen molar-refractivity contribution in [3.63, 3.8) is 0 Å². The zero-order chi connectivity index (χ0) is 23.6. The third-order valence-corrected chi connectivity index (χ3v) is 6.17. The molecule has 36 heavy (non-hydrogen) atoms. The van der Waals surface area contributed by atoms with Gasteiger partial charge in [-0.3, -0.25) is 15.0 Å². The average molecular weight is 641 g/mol. The van der Waals surface area contributed by atoms with Crippen molar-refractivity contribution in [2.24, 2.45) is 0 Å². The number of benzene rings is 3. The van der Waals surface area contributed by atoms with E-state index in [1.807, 2.05) is 42.5 Å². The zero-order valence-electron chi connectivity index (χ0n) is 19.6. The number of hydrogen-bond acceptors (Lipinski definition) is 3. The zero-order valence-corrected chi connectivity index (χ0v) is 22.0. The summed E-state index contributed by atoms with van der Waals surface area (Å²) in [6.45, 7) is 2.10. The van der Waals surface area contributed by atoms with Crippen LogP contribution in [0, 0.1) is 13.0 Å². The number of aromatic nitrogens is 3. The van der Waals surface area contributed by atoms with Crippen LogP contribution >= 0.6 is 0 Å². The summed E-state index contributed by atoms with van der Waals surface area (Å²) in [4.78, 5) is 13.3. The quantitative estimate of drug-likeness (QED) is 0.181. The second kappa shape index (κ2) is 10.3. The summed E-state index contributed by atoms with van der Waals surface area (Å²) in [6.07, 6.45) is 3.54. The van der Waals surface area contributed by atoms with Crippen LogP contribution in [-0.2, 0) is 20.1 Å². The summed E-state index contributed by atoms with van der Waals surface area (Å²) in [7, 11) is 0. The normalized spacial score (nSPS) is 10.7. The average Bonchev–Trinajstić information content (AvgIpc) is 3.25. The molecule has 0 spiro atoms. The van der Waals surface area contributed by atoms with Crippen LogP contribution in [0.4, 0.5) is 0 Å². The van der Waals surface area contributed by atoms with Crippen molar-refractivity contribution >= 4 is 10.9 Å². The Labute approximate surface area is 224 Å². The summed E-state index contributed by atoms with van der Waals surface area (Å²) in [6, 6.07) is 38.3. The monoisotopic (exact) mass is 641 g/mol. The van der Waals surface area contributed by atoms with Gasteiger partial charge in [-0.15, -0.1) is 35.4 Å². The van der Waals surface area contributed by atoms with Gasteiger partial charge < -0.3 is 0 Å². The number of pyridine rings is 3. The number of rotatable bonds is 2. The van der Waals surface area contributed by atoms with Crippen LogP contribution < -0.4 is 0 Å². The van der Waals surface area contributed by atoms with E-state index in [2.05, 4.69) is 83.6 Å². The van der Waals surface area contributed by atoms with Crippen molar-refractivity contribution in [2.45, 2.75) is 6.92 Å². The van der Waals surface area contributed by atoms with Crippen LogP contribution in [-0.4, -0.2) is 15.0 Å². The molecule has 3 nitrogen and oxygen atoms in total. The molecular weight excluding hydrogens is 619 g/mol. The van der Waals surface area contributed by atoms with Crippen LogP contribution in [0.1, 0.15) is 5.56 Å². The van der Waals surface area contributed by atoms with Gasteiger partial charge in [0.05, 0.1) is 16.9 Å². The minimum absolute atomic E-state index is 0. The molecule has 0 saturated heterocycles. The first-order chi connectivity index (χ1) is 17.3. The van der Waals surface area contributed by atoms with Crippen LogP contribution in [0.5, 0.6) is 0 Å². The molecule has 6 aromatic rings. The van der Waals surface area contributed by atoms with E-state index in [0.29, 0.717) is 0 Å². The fourth-order valence-corrected chi connectivity index (χ4v) is 4.57. The van der Waals surface area contributed by atoms with E-state index in [9.17, 15) is 0 Å². The van der Waals surface area contributed by atoms with Crippen molar-refractivity contribution < 1.29 is 20.1 Å². The summed E-state index contributed by atoms with van der Waals surface area (Å²) in [5.74, 6) is 0. The molecule has 3 aromatic heterocycles. The standard InChI is InChI=1S/C22H14N.C10H8N2.Ir/c1-14-6-4-7-15(12-14)21-13-19-17-9-3-2-8-16(17)18-10-5-11-20(23-21)22(18)19;1-3-7-11-9(5-1)10-6-2-4-8-12-10;/h2-6,8-13H,1H3;1-8H;/q-1;;. The van der Waals surface area contributed by atoms with Crippen LogP contribution in [0.15, 0.2) is 116 Å². The van der Waals surface area contributed by atoms with Gasteiger partial charge in [-0.2, -0.15) is 0 Å². The fraction of sp³-hybridized carbons (Fsp3) is 0.0312. The van der Waals surface area contributed by atoms with E-state index >= 15 is 0 Å². The molecule has 0 bridgehead atoms. The van der Waals surface area contributed by atoms with Gasteiger partial charge in [-0.05, 0) is 58.3 Å². The van der Waals surface area contributed by atoms with Crippen molar-refractivity contribution in [3.8, 4) is 44.9 Å². The first-order valence-corrected chi connectivity index (χ1v) is 11.6. The van der Waals surface area contributed by atoms with Gasteiger partial charge in [0.25, 0.3) is 0 Å². The Balaban J connectivity index is 0.000000175. The van der Waals surface area contributed by atoms with Gasteiger partial charge in [0.2, 0.25) is 0 Å². The van der Waals surface area contributed by atoms with Crippen LogP contribution in [0.3, 0.4) is 0 Å².